The first-order valence-electron chi connectivity index (χ1n) is 4.88. The van der Waals surface area contributed by atoms with E-state index in [1.165, 1.54) is 12.8 Å². The monoisotopic (exact) mass is 221 g/mol. The SMILES string of the molecule is CSc1n[nH]c2ncnc(NC3CC3)c12. The highest BCUT2D eigenvalue weighted by Crippen LogP contribution is 2.31. The van der Waals surface area contributed by atoms with Crippen LogP contribution in [-0.2, 0) is 0 Å². The van der Waals surface area contributed by atoms with Gasteiger partial charge in [0.2, 0.25) is 0 Å². The van der Waals surface area contributed by atoms with Crippen LogP contribution in [-0.4, -0.2) is 32.5 Å². The minimum atomic E-state index is 0.590. The van der Waals surface area contributed by atoms with E-state index in [0.717, 1.165) is 21.9 Å². The van der Waals surface area contributed by atoms with Crippen LogP contribution in [0.1, 0.15) is 12.8 Å². The molecule has 2 N–H and O–H groups in total. The standard InChI is InChI=1S/C9H11N5S/c1-15-9-6-7(12-5-2-3-5)10-4-11-8(6)13-14-9/h4-5H,2-3H2,1H3,(H2,10,11,12,13,14). The molecular formula is C9H11N5S. The van der Waals surface area contributed by atoms with Crippen molar-refractivity contribution in [3.05, 3.63) is 6.33 Å². The average molecular weight is 221 g/mol. The van der Waals surface area contributed by atoms with Crippen LogP contribution in [0.2, 0.25) is 0 Å². The largest absolute Gasteiger partial charge is 0.367 e. The van der Waals surface area contributed by atoms with E-state index in [-0.39, 0.29) is 0 Å². The van der Waals surface area contributed by atoms with Gasteiger partial charge >= 0.3 is 0 Å². The van der Waals surface area contributed by atoms with E-state index in [2.05, 4.69) is 25.5 Å². The fourth-order valence-corrected chi connectivity index (χ4v) is 2.05. The zero-order valence-corrected chi connectivity index (χ0v) is 9.14. The number of hydrogen-bond donors (Lipinski definition) is 2. The first-order valence-corrected chi connectivity index (χ1v) is 6.10. The molecule has 78 valence electrons. The van der Waals surface area contributed by atoms with E-state index in [9.17, 15) is 0 Å². The molecule has 0 atom stereocenters. The third-order valence-electron chi connectivity index (χ3n) is 2.44. The number of aromatic amines is 1. The van der Waals surface area contributed by atoms with Gasteiger partial charge in [0.05, 0.1) is 5.39 Å². The Labute approximate surface area is 91.1 Å². The van der Waals surface area contributed by atoms with Gasteiger partial charge < -0.3 is 5.32 Å². The fraction of sp³-hybridized carbons (Fsp3) is 0.444. The van der Waals surface area contributed by atoms with Crippen LogP contribution < -0.4 is 5.32 Å². The lowest BCUT2D eigenvalue weighted by Crippen LogP contribution is -2.03. The van der Waals surface area contributed by atoms with Crippen LogP contribution in [0.15, 0.2) is 11.4 Å². The molecule has 2 heterocycles. The number of hydrogen-bond acceptors (Lipinski definition) is 5. The van der Waals surface area contributed by atoms with Crippen LogP contribution in [0, 0.1) is 0 Å². The van der Waals surface area contributed by atoms with Gasteiger partial charge in [-0.3, -0.25) is 5.10 Å². The molecule has 0 spiro atoms. The van der Waals surface area contributed by atoms with Crippen molar-refractivity contribution < 1.29 is 0 Å². The minimum Gasteiger partial charge on any atom is -0.367 e. The van der Waals surface area contributed by atoms with Crippen LogP contribution >= 0.6 is 11.8 Å². The quantitative estimate of drug-likeness (QED) is 0.771. The summed E-state index contributed by atoms with van der Waals surface area (Å²) in [5.41, 5.74) is 0.803. The predicted molar refractivity (Wildman–Crippen MR) is 60.1 cm³/mol. The van der Waals surface area contributed by atoms with Gasteiger partial charge in [-0.25, -0.2) is 9.97 Å². The lowest BCUT2D eigenvalue weighted by atomic mass is 10.4. The summed E-state index contributed by atoms with van der Waals surface area (Å²) in [6.45, 7) is 0. The molecular weight excluding hydrogens is 210 g/mol. The number of rotatable bonds is 3. The molecule has 0 unspecified atom stereocenters. The number of aromatic nitrogens is 4. The molecule has 1 aliphatic carbocycles. The summed E-state index contributed by atoms with van der Waals surface area (Å²) in [6, 6.07) is 0.590. The second-order valence-corrected chi connectivity index (χ2v) is 4.39. The number of anilines is 1. The van der Waals surface area contributed by atoms with Crippen LogP contribution in [0.25, 0.3) is 11.0 Å². The van der Waals surface area contributed by atoms with Crippen LogP contribution in [0.4, 0.5) is 5.82 Å². The Bertz CT molecular complexity index is 490. The zero-order chi connectivity index (χ0) is 10.3. The van der Waals surface area contributed by atoms with Gasteiger partial charge in [-0.05, 0) is 19.1 Å². The van der Waals surface area contributed by atoms with Crippen molar-refractivity contribution in [2.45, 2.75) is 23.9 Å². The highest BCUT2D eigenvalue weighted by atomic mass is 32.2. The van der Waals surface area contributed by atoms with Crippen molar-refractivity contribution in [1.29, 1.82) is 0 Å². The van der Waals surface area contributed by atoms with Gasteiger partial charge in [-0.15, -0.1) is 11.8 Å². The molecule has 6 heteroatoms. The van der Waals surface area contributed by atoms with Crippen LogP contribution in [0.5, 0.6) is 0 Å². The van der Waals surface area contributed by atoms with Gasteiger partial charge in [-0.1, -0.05) is 0 Å². The molecule has 0 amide bonds. The molecule has 1 saturated carbocycles. The highest BCUT2D eigenvalue weighted by molar-refractivity contribution is 7.98. The number of H-pyrrole nitrogens is 1. The first-order chi connectivity index (χ1) is 7.38. The van der Waals surface area contributed by atoms with Crippen molar-refractivity contribution in [3.63, 3.8) is 0 Å². The number of nitrogens with zero attached hydrogens (tertiary/aromatic N) is 3. The van der Waals surface area contributed by atoms with Crippen LogP contribution in [0.3, 0.4) is 0 Å². The normalized spacial score (nSPS) is 15.8. The molecule has 0 aromatic carbocycles. The number of nitrogens with one attached hydrogen (secondary N) is 2. The number of thioether (sulfide) groups is 1. The molecule has 0 aliphatic heterocycles. The Morgan fingerprint density at radius 1 is 1.47 bits per heavy atom. The van der Waals surface area contributed by atoms with E-state index in [1.807, 2.05) is 6.26 Å². The Balaban J connectivity index is 2.12. The summed E-state index contributed by atoms with van der Waals surface area (Å²) in [7, 11) is 0. The average Bonchev–Trinajstić information content (AvgIpc) is 2.97. The highest BCUT2D eigenvalue weighted by Gasteiger charge is 2.23. The number of fused-ring (bicyclic) bond motifs is 1. The summed E-state index contributed by atoms with van der Waals surface area (Å²) in [5.74, 6) is 0.903. The molecule has 0 bridgehead atoms. The molecule has 3 rings (SSSR count). The van der Waals surface area contributed by atoms with E-state index < -0.39 is 0 Å². The van der Waals surface area contributed by atoms with Gasteiger partial charge in [0.25, 0.3) is 0 Å². The van der Waals surface area contributed by atoms with Gasteiger partial charge in [0, 0.05) is 6.04 Å². The predicted octanol–water partition coefficient (Wildman–Crippen LogP) is 1.65. The molecule has 1 fully saturated rings. The van der Waals surface area contributed by atoms with Crippen molar-refractivity contribution in [2.75, 3.05) is 11.6 Å². The maximum Gasteiger partial charge on any atom is 0.161 e. The Morgan fingerprint density at radius 3 is 3.07 bits per heavy atom. The lowest BCUT2D eigenvalue weighted by molar-refractivity contribution is 1.02. The van der Waals surface area contributed by atoms with E-state index in [1.54, 1.807) is 18.1 Å². The topological polar surface area (TPSA) is 66.5 Å². The maximum absolute atomic E-state index is 4.27. The summed E-state index contributed by atoms with van der Waals surface area (Å²) in [5, 5.41) is 12.5. The molecule has 15 heavy (non-hydrogen) atoms. The Morgan fingerprint density at radius 2 is 2.33 bits per heavy atom. The second-order valence-electron chi connectivity index (χ2n) is 3.60. The fourth-order valence-electron chi connectivity index (χ4n) is 1.51. The summed E-state index contributed by atoms with van der Waals surface area (Å²) < 4.78 is 0. The van der Waals surface area contributed by atoms with Crippen molar-refractivity contribution in [3.8, 4) is 0 Å². The van der Waals surface area contributed by atoms with Crippen molar-refractivity contribution in [1.82, 2.24) is 20.2 Å². The maximum atomic E-state index is 4.27. The van der Waals surface area contributed by atoms with E-state index >= 15 is 0 Å². The lowest BCUT2D eigenvalue weighted by Gasteiger charge is -2.04. The van der Waals surface area contributed by atoms with Gasteiger partial charge in [0.1, 0.15) is 17.2 Å². The van der Waals surface area contributed by atoms with Crippen molar-refractivity contribution >= 4 is 28.6 Å². The summed E-state index contributed by atoms with van der Waals surface area (Å²) in [6.07, 6.45) is 6.04. The third kappa shape index (κ3) is 1.54. The molecule has 0 radical (unpaired) electrons. The minimum absolute atomic E-state index is 0.590. The molecule has 5 nitrogen and oxygen atoms in total. The van der Waals surface area contributed by atoms with Gasteiger partial charge in [-0.2, -0.15) is 5.10 Å². The van der Waals surface area contributed by atoms with E-state index in [4.69, 9.17) is 0 Å². The third-order valence-corrected chi connectivity index (χ3v) is 3.12. The van der Waals surface area contributed by atoms with E-state index in [0.29, 0.717) is 6.04 Å². The Hall–Kier alpha value is -1.30. The summed E-state index contributed by atoms with van der Waals surface area (Å²) in [4.78, 5) is 8.43. The zero-order valence-electron chi connectivity index (χ0n) is 8.32. The Kier molecular flexibility index (Phi) is 2.02. The molecule has 2 aromatic rings. The van der Waals surface area contributed by atoms with Crippen molar-refractivity contribution in [2.24, 2.45) is 0 Å². The molecule has 2 aromatic heterocycles. The molecule has 1 aliphatic rings. The second kappa shape index (κ2) is 3.37. The first kappa shape index (κ1) is 8.96. The molecule has 0 saturated heterocycles. The summed E-state index contributed by atoms with van der Waals surface area (Å²) >= 11 is 1.60. The van der Waals surface area contributed by atoms with Gasteiger partial charge in [0.15, 0.2) is 5.65 Å². The smallest absolute Gasteiger partial charge is 0.161 e.